The fourth-order valence-corrected chi connectivity index (χ4v) is 5.26. The predicted molar refractivity (Wildman–Crippen MR) is 149 cm³/mol. The topological polar surface area (TPSA) is 103 Å². The first-order valence-corrected chi connectivity index (χ1v) is 13.4. The molecule has 1 aromatic heterocycles. The first-order valence-electron chi connectivity index (χ1n) is 13.4. The number of halogens is 3. The van der Waals surface area contributed by atoms with Gasteiger partial charge < -0.3 is 19.9 Å². The van der Waals surface area contributed by atoms with Gasteiger partial charge in [-0.3, -0.25) is 14.5 Å². The number of alkyl halides is 3. The van der Waals surface area contributed by atoms with Gasteiger partial charge in [-0.05, 0) is 38.6 Å². The average Bonchev–Trinajstić information content (AvgIpc) is 2.95. The summed E-state index contributed by atoms with van der Waals surface area (Å²) in [7, 11) is 2.05. The summed E-state index contributed by atoms with van der Waals surface area (Å²) in [5, 5.41) is 2.71. The quantitative estimate of drug-likeness (QED) is 0.584. The molecule has 13 heteroatoms. The van der Waals surface area contributed by atoms with Gasteiger partial charge in [0.2, 0.25) is 11.9 Å². The number of rotatable bonds is 5. The van der Waals surface area contributed by atoms with E-state index in [1.807, 2.05) is 24.1 Å². The van der Waals surface area contributed by atoms with Gasteiger partial charge in [-0.2, -0.15) is 13.2 Å². The van der Waals surface area contributed by atoms with Gasteiger partial charge in [0.15, 0.2) is 0 Å². The van der Waals surface area contributed by atoms with Crippen LogP contribution in [0.3, 0.4) is 0 Å². The molecule has 0 bridgehead atoms. The Morgan fingerprint density at radius 3 is 2.32 bits per heavy atom. The summed E-state index contributed by atoms with van der Waals surface area (Å²) in [6.45, 7) is 8.10. The maximum absolute atomic E-state index is 13.7. The lowest BCUT2D eigenvalue weighted by Crippen LogP contribution is -2.55. The van der Waals surface area contributed by atoms with Gasteiger partial charge >= 0.3 is 6.18 Å². The summed E-state index contributed by atoms with van der Waals surface area (Å²) in [6.07, 6.45) is -0.373. The highest BCUT2D eigenvalue weighted by atomic mass is 19.4. The number of amides is 2. The molecule has 2 fully saturated rings. The summed E-state index contributed by atoms with van der Waals surface area (Å²) in [5.74, 6) is -3.16. The Labute approximate surface area is 235 Å². The third-order valence-corrected chi connectivity index (χ3v) is 7.79. The van der Waals surface area contributed by atoms with Crippen LogP contribution in [0.1, 0.15) is 13.8 Å². The zero-order chi connectivity index (χ0) is 29.3. The summed E-state index contributed by atoms with van der Waals surface area (Å²) in [5.41, 5.74) is 1.15. The second-order valence-electron chi connectivity index (χ2n) is 10.6. The van der Waals surface area contributed by atoms with E-state index in [0.717, 1.165) is 6.21 Å². The van der Waals surface area contributed by atoms with Crippen LogP contribution < -0.4 is 15.1 Å². The third-order valence-electron chi connectivity index (χ3n) is 7.79. The Morgan fingerprint density at radius 1 is 1.02 bits per heavy atom. The second kappa shape index (κ2) is 11.6. The van der Waals surface area contributed by atoms with Crippen molar-refractivity contribution in [2.75, 3.05) is 61.6 Å². The van der Waals surface area contributed by atoms with Gasteiger partial charge in [-0.15, -0.1) is 0 Å². The van der Waals surface area contributed by atoms with Crippen molar-refractivity contribution in [1.82, 2.24) is 14.9 Å². The van der Waals surface area contributed by atoms with Crippen molar-refractivity contribution >= 4 is 35.4 Å². The van der Waals surface area contributed by atoms with Crippen LogP contribution in [0, 0.1) is 5.92 Å². The number of anilines is 3. The number of benzene rings is 1. The molecular formula is C28H32F3N7O3. The lowest BCUT2D eigenvalue weighted by atomic mass is 9.95. The van der Waals surface area contributed by atoms with Gasteiger partial charge in [0, 0.05) is 68.5 Å². The summed E-state index contributed by atoms with van der Waals surface area (Å²) in [4.78, 5) is 43.7. The van der Waals surface area contributed by atoms with Gasteiger partial charge in [-0.1, -0.05) is 6.07 Å². The van der Waals surface area contributed by atoms with Crippen LogP contribution in [0.5, 0.6) is 0 Å². The number of nitrogens with one attached hydrogen (secondary N) is 1. The van der Waals surface area contributed by atoms with Crippen molar-refractivity contribution in [3.63, 3.8) is 0 Å². The molecular weight excluding hydrogens is 539 g/mol. The van der Waals surface area contributed by atoms with Crippen LogP contribution in [0.25, 0.3) is 11.1 Å². The zero-order valence-corrected chi connectivity index (χ0v) is 23.1. The van der Waals surface area contributed by atoms with Crippen molar-refractivity contribution in [2.24, 2.45) is 10.9 Å². The molecule has 3 aliphatic heterocycles. The summed E-state index contributed by atoms with van der Waals surface area (Å²) in [6, 6.07) is 5.87. The Hall–Kier alpha value is -3.84. The number of aliphatic imine (C=N–C) groups is 1. The molecule has 5 rings (SSSR count). The molecule has 0 aliphatic carbocycles. The standard InChI is InChI=1S/C28H32F3N7O3/c1-17-15-38(16-18(2)36(17)3)24-5-4-19(20-12-33-27(34-13-20)37-6-8-41-9-7-37)10-23(24)35-26(40)21-14-32-25(39)11-22(21)28(29,30)31/h4-5,10-14,17-18,21H,6-9,15-16H2,1-3H3,(H,35,40)/t17-,18+,21?. The van der Waals surface area contributed by atoms with E-state index in [2.05, 4.69) is 43.9 Å². The van der Waals surface area contributed by atoms with Crippen molar-refractivity contribution in [3.05, 3.63) is 42.2 Å². The van der Waals surface area contributed by atoms with Gasteiger partial charge in [0.1, 0.15) is 5.92 Å². The van der Waals surface area contributed by atoms with E-state index in [4.69, 9.17) is 4.74 Å². The number of carbonyl (C=O) groups is 2. The van der Waals surface area contributed by atoms with E-state index in [-0.39, 0.29) is 12.1 Å². The van der Waals surface area contributed by atoms with Gasteiger partial charge in [-0.25, -0.2) is 15.0 Å². The normalized spacial score (nSPS) is 23.9. The third kappa shape index (κ3) is 6.25. The van der Waals surface area contributed by atoms with E-state index in [0.29, 0.717) is 73.9 Å². The molecule has 10 nitrogen and oxygen atoms in total. The molecule has 2 saturated heterocycles. The monoisotopic (exact) mass is 571 g/mol. The number of ether oxygens (including phenoxy) is 1. The van der Waals surface area contributed by atoms with E-state index in [9.17, 15) is 22.8 Å². The predicted octanol–water partition coefficient (Wildman–Crippen LogP) is 3.16. The van der Waals surface area contributed by atoms with Gasteiger partial charge in [0.05, 0.1) is 30.2 Å². The van der Waals surface area contributed by atoms with Crippen molar-refractivity contribution in [3.8, 4) is 11.1 Å². The van der Waals surface area contributed by atoms with Crippen LogP contribution in [0.15, 0.2) is 47.2 Å². The fourth-order valence-electron chi connectivity index (χ4n) is 5.26. The molecule has 4 heterocycles. The van der Waals surface area contributed by atoms with Gasteiger partial charge in [0.25, 0.3) is 5.91 Å². The molecule has 2 aromatic rings. The van der Waals surface area contributed by atoms with Crippen molar-refractivity contribution in [2.45, 2.75) is 32.1 Å². The molecule has 1 N–H and O–H groups in total. The highest BCUT2D eigenvalue weighted by Crippen LogP contribution is 2.36. The Kier molecular flexibility index (Phi) is 8.09. The largest absolute Gasteiger partial charge is 0.414 e. The molecule has 3 atom stereocenters. The summed E-state index contributed by atoms with van der Waals surface area (Å²) >= 11 is 0. The number of nitrogens with zero attached hydrogens (tertiary/aromatic N) is 6. The number of likely N-dealkylation sites (N-methyl/N-ethyl adjacent to an activating group) is 1. The number of morpholine rings is 1. The van der Waals surface area contributed by atoms with Crippen molar-refractivity contribution < 1.29 is 27.5 Å². The zero-order valence-electron chi connectivity index (χ0n) is 23.1. The molecule has 41 heavy (non-hydrogen) atoms. The summed E-state index contributed by atoms with van der Waals surface area (Å²) < 4.78 is 46.5. The highest BCUT2D eigenvalue weighted by molar-refractivity contribution is 6.11. The van der Waals surface area contributed by atoms with Crippen LogP contribution in [0.2, 0.25) is 0 Å². The van der Waals surface area contributed by atoms with E-state index < -0.39 is 29.5 Å². The second-order valence-corrected chi connectivity index (χ2v) is 10.6. The number of piperazine rings is 1. The van der Waals surface area contributed by atoms with Crippen LogP contribution in [-0.4, -0.2) is 97.6 Å². The first-order chi connectivity index (χ1) is 19.5. The minimum absolute atomic E-state index is 0.208. The molecule has 1 unspecified atom stereocenters. The molecule has 0 spiro atoms. The number of hydrogen-bond donors (Lipinski definition) is 1. The maximum atomic E-state index is 13.7. The molecule has 0 saturated carbocycles. The highest BCUT2D eigenvalue weighted by Gasteiger charge is 2.43. The Balaban J connectivity index is 1.47. The minimum Gasteiger partial charge on any atom is -0.378 e. The SMILES string of the molecule is C[C@@H]1CN(c2ccc(-c3cnc(N4CCOCC4)nc3)cc2NC(=O)C2C=NC(=O)C=C2C(F)(F)F)C[C@H](C)N1C. The van der Waals surface area contributed by atoms with Crippen LogP contribution in [-0.2, 0) is 14.3 Å². The number of hydrogen-bond acceptors (Lipinski definition) is 8. The van der Waals surface area contributed by atoms with E-state index in [1.54, 1.807) is 18.5 Å². The minimum atomic E-state index is -4.86. The first kappa shape index (κ1) is 28.7. The number of aromatic nitrogens is 2. The molecule has 0 radical (unpaired) electrons. The van der Waals surface area contributed by atoms with Crippen molar-refractivity contribution in [1.29, 1.82) is 0 Å². The van der Waals surface area contributed by atoms with E-state index >= 15 is 0 Å². The fraction of sp³-hybridized carbons (Fsp3) is 0.464. The van der Waals surface area contributed by atoms with Crippen LogP contribution in [0.4, 0.5) is 30.5 Å². The lowest BCUT2D eigenvalue weighted by Gasteiger charge is -2.44. The molecule has 3 aliphatic rings. The van der Waals surface area contributed by atoms with E-state index in [1.165, 1.54) is 0 Å². The number of dihydropyridines is 1. The van der Waals surface area contributed by atoms with Crippen LogP contribution >= 0.6 is 0 Å². The molecule has 218 valence electrons. The average molecular weight is 572 g/mol. The number of carbonyl (C=O) groups excluding carboxylic acids is 2. The maximum Gasteiger partial charge on any atom is 0.414 e. The lowest BCUT2D eigenvalue weighted by molar-refractivity contribution is -0.124. The smallest absolute Gasteiger partial charge is 0.378 e. The molecule has 2 amide bonds. The molecule has 1 aromatic carbocycles. The Bertz CT molecular complexity index is 1340. The Morgan fingerprint density at radius 2 is 1.68 bits per heavy atom.